The molecule has 22 heavy (non-hydrogen) atoms. The lowest BCUT2D eigenvalue weighted by molar-refractivity contribution is -0.140. The number of nitrogens with two attached hydrogens (primary N) is 1. The molecule has 2 heterocycles. The molecule has 0 radical (unpaired) electrons. The number of rotatable bonds is 1. The fraction of sp³-hybridized carbons (Fsp3) is 0.154. The molecule has 0 aliphatic rings. The van der Waals surface area contributed by atoms with Crippen LogP contribution in [-0.4, -0.2) is 9.61 Å². The lowest BCUT2D eigenvalue weighted by Crippen LogP contribution is -2.09. The summed E-state index contributed by atoms with van der Waals surface area (Å²) in [5.74, 6) is 0.340. The van der Waals surface area contributed by atoms with Crippen LogP contribution in [0.1, 0.15) is 11.5 Å². The molecule has 0 unspecified atom stereocenters. The van der Waals surface area contributed by atoms with E-state index < -0.39 is 17.6 Å². The van der Waals surface area contributed by atoms with Crippen molar-refractivity contribution in [2.24, 2.45) is 0 Å². The number of fused-ring (bicyclic) bond motifs is 1. The molecule has 0 aliphatic heterocycles. The standard InChI is InChI=1S/C13H8Cl2F3N3O/c1-5-10(7-3-2-6(14)4-8(7)15)21-12(22-5)9(19)11(20-21)13(16,17)18/h2-4H,19H2,1H3. The lowest BCUT2D eigenvalue weighted by Gasteiger charge is -2.05. The van der Waals surface area contributed by atoms with Crippen molar-refractivity contribution in [1.29, 1.82) is 0 Å². The first-order chi connectivity index (χ1) is 10.2. The summed E-state index contributed by atoms with van der Waals surface area (Å²) in [5, 5.41) is 4.19. The zero-order valence-electron chi connectivity index (χ0n) is 11.0. The predicted octanol–water partition coefficient (Wildman–Crippen LogP) is 4.81. The molecular weight excluding hydrogens is 342 g/mol. The summed E-state index contributed by atoms with van der Waals surface area (Å²) in [6.45, 7) is 1.58. The third kappa shape index (κ3) is 2.21. The number of halogens is 5. The van der Waals surface area contributed by atoms with Crippen molar-refractivity contribution in [2.75, 3.05) is 5.73 Å². The Morgan fingerprint density at radius 2 is 1.95 bits per heavy atom. The van der Waals surface area contributed by atoms with Crippen molar-refractivity contribution in [3.05, 3.63) is 39.7 Å². The summed E-state index contributed by atoms with van der Waals surface area (Å²) < 4.78 is 45.0. The highest BCUT2D eigenvalue weighted by molar-refractivity contribution is 6.36. The minimum Gasteiger partial charge on any atom is -0.440 e. The molecule has 3 aromatic rings. The molecular formula is C13H8Cl2F3N3O. The molecule has 0 spiro atoms. The molecule has 9 heteroatoms. The maximum atomic E-state index is 12.9. The van der Waals surface area contributed by atoms with Gasteiger partial charge in [-0.15, -0.1) is 0 Å². The van der Waals surface area contributed by atoms with Gasteiger partial charge in [0.2, 0.25) is 5.71 Å². The number of aromatic nitrogens is 2. The van der Waals surface area contributed by atoms with Gasteiger partial charge < -0.3 is 10.2 Å². The Bertz CT molecular complexity index is 883. The van der Waals surface area contributed by atoms with Gasteiger partial charge in [0.15, 0.2) is 5.69 Å². The summed E-state index contributed by atoms with van der Waals surface area (Å²) in [6, 6.07) is 4.62. The van der Waals surface area contributed by atoms with Crippen molar-refractivity contribution < 1.29 is 17.6 Å². The fourth-order valence-corrected chi connectivity index (χ4v) is 2.70. The van der Waals surface area contributed by atoms with E-state index in [4.69, 9.17) is 33.4 Å². The van der Waals surface area contributed by atoms with Gasteiger partial charge in [-0.25, -0.2) is 0 Å². The van der Waals surface area contributed by atoms with Crippen molar-refractivity contribution in [2.45, 2.75) is 13.1 Å². The van der Waals surface area contributed by atoms with Gasteiger partial charge in [-0.2, -0.15) is 22.8 Å². The number of hydrogen-bond acceptors (Lipinski definition) is 3. The summed E-state index contributed by atoms with van der Waals surface area (Å²) in [6.07, 6.45) is -4.67. The van der Waals surface area contributed by atoms with E-state index in [-0.39, 0.29) is 10.7 Å². The van der Waals surface area contributed by atoms with Crippen molar-refractivity contribution in [3.63, 3.8) is 0 Å². The van der Waals surface area contributed by atoms with Gasteiger partial charge >= 0.3 is 6.18 Å². The molecule has 116 valence electrons. The van der Waals surface area contributed by atoms with Crippen LogP contribution in [0.25, 0.3) is 17.0 Å². The summed E-state index contributed by atoms with van der Waals surface area (Å²) in [7, 11) is 0. The van der Waals surface area contributed by atoms with E-state index in [2.05, 4.69) is 5.10 Å². The van der Waals surface area contributed by atoms with Gasteiger partial charge in [0.1, 0.15) is 17.1 Å². The molecule has 2 N–H and O–H groups in total. The van der Waals surface area contributed by atoms with Crippen LogP contribution >= 0.6 is 23.2 Å². The van der Waals surface area contributed by atoms with E-state index in [1.165, 1.54) is 6.07 Å². The van der Waals surface area contributed by atoms with E-state index >= 15 is 0 Å². The van der Waals surface area contributed by atoms with Crippen molar-refractivity contribution in [3.8, 4) is 11.3 Å². The lowest BCUT2D eigenvalue weighted by atomic mass is 10.1. The number of benzene rings is 1. The van der Waals surface area contributed by atoms with E-state index in [9.17, 15) is 13.2 Å². The summed E-state index contributed by atoms with van der Waals surface area (Å²) in [5.41, 5.74) is 4.30. The first kappa shape index (κ1) is 15.1. The molecule has 0 saturated carbocycles. The Kier molecular flexibility index (Phi) is 3.30. The van der Waals surface area contributed by atoms with Crippen LogP contribution in [0.3, 0.4) is 0 Å². The quantitative estimate of drug-likeness (QED) is 0.685. The van der Waals surface area contributed by atoms with Crippen LogP contribution in [0, 0.1) is 6.92 Å². The van der Waals surface area contributed by atoms with Crippen molar-refractivity contribution >= 4 is 34.6 Å². The molecule has 0 saturated heterocycles. The van der Waals surface area contributed by atoms with Crippen LogP contribution in [0.15, 0.2) is 22.6 Å². The maximum Gasteiger partial charge on any atom is 0.437 e. The van der Waals surface area contributed by atoms with Gasteiger partial charge in [0, 0.05) is 10.6 Å². The largest absolute Gasteiger partial charge is 0.440 e. The summed E-state index contributed by atoms with van der Waals surface area (Å²) in [4.78, 5) is 0. The monoisotopic (exact) mass is 349 g/mol. The van der Waals surface area contributed by atoms with E-state index in [0.29, 0.717) is 22.0 Å². The third-order valence-corrected chi connectivity index (χ3v) is 3.68. The Morgan fingerprint density at radius 3 is 2.55 bits per heavy atom. The average Bonchev–Trinajstić information content (AvgIpc) is 2.87. The van der Waals surface area contributed by atoms with Crippen LogP contribution in [0.2, 0.25) is 10.0 Å². The average molecular weight is 350 g/mol. The SMILES string of the molecule is Cc1oc2c(N)c(C(F)(F)F)nn2c1-c1ccc(Cl)cc1Cl. The Hall–Kier alpha value is -1.86. The molecule has 4 nitrogen and oxygen atoms in total. The fourth-order valence-electron chi connectivity index (χ4n) is 2.20. The van der Waals surface area contributed by atoms with Crippen LogP contribution in [-0.2, 0) is 6.18 Å². The number of alkyl halides is 3. The number of hydrogen-bond donors (Lipinski definition) is 1. The summed E-state index contributed by atoms with van der Waals surface area (Å²) >= 11 is 11.9. The number of nitrogens with zero attached hydrogens (tertiary/aromatic N) is 2. The Morgan fingerprint density at radius 1 is 1.27 bits per heavy atom. The Labute approximate surface area is 132 Å². The Balaban J connectivity index is 2.32. The molecule has 1 aromatic carbocycles. The highest BCUT2D eigenvalue weighted by Crippen LogP contribution is 2.39. The first-order valence-electron chi connectivity index (χ1n) is 6.00. The van der Waals surface area contributed by atoms with Gasteiger partial charge in [-0.1, -0.05) is 23.2 Å². The maximum absolute atomic E-state index is 12.9. The molecule has 0 aliphatic carbocycles. The molecule has 0 atom stereocenters. The second kappa shape index (κ2) is 4.82. The highest BCUT2D eigenvalue weighted by Gasteiger charge is 2.39. The molecule has 3 rings (SSSR count). The van der Waals surface area contributed by atoms with E-state index in [0.717, 1.165) is 4.52 Å². The molecule has 0 amide bonds. The normalized spacial score (nSPS) is 12.3. The number of oxazole rings is 1. The minimum absolute atomic E-state index is 0.175. The zero-order chi connectivity index (χ0) is 16.2. The second-order valence-corrected chi connectivity index (χ2v) is 5.45. The topological polar surface area (TPSA) is 56.5 Å². The minimum atomic E-state index is -4.67. The third-order valence-electron chi connectivity index (χ3n) is 3.13. The molecule has 2 aromatic heterocycles. The zero-order valence-corrected chi connectivity index (χ0v) is 12.5. The van der Waals surface area contributed by atoms with Gasteiger partial charge in [-0.3, -0.25) is 0 Å². The van der Waals surface area contributed by atoms with Crippen LogP contribution in [0.4, 0.5) is 18.9 Å². The van der Waals surface area contributed by atoms with E-state index in [1.54, 1.807) is 19.1 Å². The van der Waals surface area contributed by atoms with Gasteiger partial charge in [0.05, 0.1) is 5.02 Å². The first-order valence-corrected chi connectivity index (χ1v) is 6.76. The predicted molar refractivity (Wildman–Crippen MR) is 77.1 cm³/mol. The van der Waals surface area contributed by atoms with Crippen LogP contribution < -0.4 is 5.73 Å². The second-order valence-electron chi connectivity index (χ2n) is 4.61. The van der Waals surface area contributed by atoms with Gasteiger partial charge in [0.25, 0.3) is 0 Å². The smallest absolute Gasteiger partial charge is 0.437 e. The molecule has 0 bridgehead atoms. The molecule has 0 fully saturated rings. The van der Waals surface area contributed by atoms with Crippen molar-refractivity contribution in [1.82, 2.24) is 9.61 Å². The number of nitrogen functional groups attached to an aromatic ring is 1. The highest BCUT2D eigenvalue weighted by atomic mass is 35.5. The van der Waals surface area contributed by atoms with Crippen LogP contribution in [0.5, 0.6) is 0 Å². The number of aryl methyl sites for hydroxylation is 1. The van der Waals surface area contributed by atoms with E-state index in [1.807, 2.05) is 0 Å². The van der Waals surface area contributed by atoms with Gasteiger partial charge in [-0.05, 0) is 25.1 Å². The number of anilines is 1.